The molecule has 0 bridgehead atoms. The van der Waals surface area contributed by atoms with Crippen molar-refractivity contribution in [2.45, 2.75) is 196 Å². The number of aliphatic hydroxyl groups is 1. The molecular formula is C52H88N12O9. The first-order chi connectivity index (χ1) is 35.2. The number of carbonyl (C=O) groups excluding carboxylic acids is 6. The Labute approximate surface area is 431 Å². The Hall–Kier alpha value is -5.38. The number of nitrogens with one attached hydrogen (secondary N) is 5. The first-order valence-corrected chi connectivity index (χ1v) is 27.1. The van der Waals surface area contributed by atoms with Crippen LogP contribution in [0.15, 0.2) is 29.3 Å². The van der Waals surface area contributed by atoms with Gasteiger partial charge in [-0.1, -0.05) is 82.1 Å². The maximum absolute atomic E-state index is 14.5. The fourth-order valence-corrected chi connectivity index (χ4v) is 10.6. The summed E-state index contributed by atoms with van der Waals surface area (Å²) in [6, 6.07) is 1.79. The van der Waals surface area contributed by atoms with Crippen molar-refractivity contribution < 1.29 is 43.8 Å². The van der Waals surface area contributed by atoms with E-state index >= 15 is 0 Å². The fourth-order valence-electron chi connectivity index (χ4n) is 10.6. The molecule has 410 valence electrons. The van der Waals surface area contributed by atoms with Crippen LogP contribution in [0.3, 0.4) is 0 Å². The molecule has 6 amide bonds. The molecule has 0 aromatic heterocycles. The van der Waals surface area contributed by atoms with Crippen molar-refractivity contribution in [3.8, 4) is 0 Å². The number of carboxylic acid groups (broad SMARTS) is 1. The molecule has 1 aromatic carbocycles. The summed E-state index contributed by atoms with van der Waals surface area (Å²) in [6.45, 7) is 0.937. The zero-order valence-corrected chi connectivity index (χ0v) is 43.0. The minimum atomic E-state index is -1.28. The minimum absolute atomic E-state index is 0.0731. The topological polar surface area (TPSA) is 366 Å². The van der Waals surface area contributed by atoms with Crippen LogP contribution in [0, 0.1) is 11.8 Å². The molecule has 2 aliphatic carbocycles. The van der Waals surface area contributed by atoms with Crippen molar-refractivity contribution in [3.05, 3.63) is 35.4 Å². The van der Waals surface area contributed by atoms with Gasteiger partial charge in [-0.05, 0) is 126 Å². The zero-order valence-electron chi connectivity index (χ0n) is 43.0. The summed E-state index contributed by atoms with van der Waals surface area (Å²) in [5.74, 6) is -4.11. The summed E-state index contributed by atoms with van der Waals surface area (Å²) in [6.07, 6.45) is 15.9. The zero-order chi connectivity index (χ0) is 53.1. The highest BCUT2D eigenvalue weighted by molar-refractivity contribution is 5.95. The number of carboxylic acids is 1. The van der Waals surface area contributed by atoms with Gasteiger partial charge >= 0.3 is 5.97 Å². The van der Waals surface area contributed by atoms with Gasteiger partial charge in [0, 0.05) is 25.6 Å². The van der Waals surface area contributed by atoms with Gasteiger partial charge in [0.1, 0.15) is 30.2 Å². The standard InChI is InChI=1S/C52H88N12O9/c53-26-14-12-21-38(55)46(67)61-40(22-13-15-27-54)48(69)62-39(23-17-29-59-52(56)57)47(68)58-28-16-6-4-2-1-3-5-7-25-44(66)60-41(33-65)49(70)63-45(37-30-34-18-8-9-19-35(34)31-37)50(71)64-42-24-11-10-20-36(42)32-43(64)51(72)73/h8-9,18-19,36-43,45,65H,1-7,10-17,20-33,53-55H2,(H,58,68)(H,60,66)(H,61,67)(H,62,69)(H,63,70)(H,72,73)(H4,56,57,59)/t36-,38-,39-,40-,41-,42-,43?,45+/m0/s1. The normalized spacial score (nSPS) is 19.3. The van der Waals surface area contributed by atoms with Crippen LogP contribution in [0.4, 0.5) is 0 Å². The minimum Gasteiger partial charge on any atom is -0.480 e. The second-order valence-electron chi connectivity index (χ2n) is 20.3. The number of hydrogen-bond donors (Lipinski definition) is 12. The highest BCUT2D eigenvalue weighted by Gasteiger charge is 2.50. The molecule has 1 aliphatic heterocycles. The number of fused-ring (bicyclic) bond motifs is 2. The first-order valence-electron chi connectivity index (χ1n) is 27.1. The van der Waals surface area contributed by atoms with Crippen molar-refractivity contribution in [2.75, 3.05) is 32.8 Å². The molecule has 73 heavy (non-hydrogen) atoms. The number of nitrogens with zero attached hydrogens (tertiary/aromatic N) is 2. The Bertz CT molecular complexity index is 1930. The van der Waals surface area contributed by atoms with E-state index < -0.39 is 72.5 Å². The van der Waals surface area contributed by atoms with Gasteiger partial charge in [-0.15, -0.1) is 0 Å². The SMILES string of the molecule is NCCCC[C@H](NC(=O)[C@@H](N)CCCCN)C(=O)N[C@@H](CCCN=C(N)N)C(=O)NCCCCCCCCCCC(=O)N[C@@H](CO)C(=O)N[C@@H](C(=O)N1C(C(=O)O)C[C@@H]2CCCC[C@@H]21)C1Cc2ccccc2C1. The monoisotopic (exact) mass is 1020 g/mol. The third-order valence-corrected chi connectivity index (χ3v) is 14.7. The molecule has 0 spiro atoms. The number of aliphatic imine (C=N–C) groups is 1. The highest BCUT2D eigenvalue weighted by atomic mass is 16.4. The number of carbonyl (C=O) groups is 7. The molecule has 8 atom stereocenters. The van der Waals surface area contributed by atoms with E-state index in [2.05, 4.69) is 31.6 Å². The van der Waals surface area contributed by atoms with Gasteiger partial charge in [-0.25, -0.2) is 4.79 Å². The van der Waals surface area contributed by atoms with Crippen molar-refractivity contribution in [1.29, 1.82) is 0 Å². The number of amides is 6. The van der Waals surface area contributed by atoms with Crippen LogP contribution in [-0.2, 0) is 46.4 Å². The lowest BCUT2D eigenvalue weighted by Crippen LogP contribution is -2.60. The summed E-state index contributed by atoms with van der Waals surface area (Å²) in [5, 5.41) is 34.5. The van der Waals surface area contributed by atoms with E-state index in [4.69, 9.17) is 28.7 Å². The van der Waals surface area contributed by atoms with E-state index in [0.29, 0.717) is 83.8 Å². The van der Waals surface area contributed by atoms with Crippen LogP contribution in [0.2, 0.25) is 0 Å². The summed E-state index contributed by atoms with van der Waals surface area (Å²) in [4.78, 5) is 99.1. The van der Waals surface area contributed by atoms with Gasteiger partial charge in [-0.3, -0.25) is 33.8 Å². The van der Waals surface area contributed by atoms with Gasteiger partial charge < -0.3 is 70.4 Å². The Balaban J connectivity index is 1.17. The molecule has 1 aromatic rings. The molecule has 1 heterocycles. The van der Waals surface area contributed by atoms with Crippen molar-refractivity contribution in [2.24, 2.45) is 45.5 Å². The van der Waals surface area contributed by atoms with Crippen LogP contribution >= 0.6 is 0 Å². The number of aliphatic hydroxyl groups excluding tert-OH is 1. The number of benzene rings is 1. The van der Waals surface area contributed by atoms with Gasteiger partial charge in [-0.2, -0.15) is 0 Å². The summed E-state index contributed by atoms with van der Waals surface area (Å²) < 4.78 is 0. The Morgan fingerprint density at radius 3 is 1.88 bits per heavy atom. The smallest absolute Gasteiger partial charge is 0.326 e. The van der Waals surface area contributed by atoms with Crippen molar-refractivity contribution >= 4 is 47.4 Å². The summed E-state index contributed by atoms with van der Waals surface area (Å²) >= 11 is 0. The molecule has 2 fully saturated rings. The van der Waals surface area contributed by atoms with Gasteiger partial charge in [0.2, 0.25) is 35.4 Å². The first kappa shape index (κ1) is 60.2. The van der Waals surface area contributed by atoms with Gasteiger partial charge in [0.15, 0.2) is 5.96 Å². The molecule has 4 rings (SSSR count). The number of nitrogens with two attached hydrogens (primary N) is 5. The maximum Gasteiger partial charge on any atom is 0.326 e. The number of guanidine groups is 1. The Kier molecular flexibility index (Phi) is 27.0. The number of hydrogen-bond acceptors (Lipinski definition) is 12. The number of likely N-dealkylation sites (tertiary alicyclic amines) is 1. The van der Waals surface area contributed by atoms with E-state index in [-0.39, 0.29) is 55.0 Å². The lowest BCUT2D eigenvalue weighted by atomic mass is 9.84. The van der Waals surface area contributed by atoms with Gasteiger partial charge in [0.25, 0.3) is 0 Å². The van der Waals surface area contributed by atoms with Crippen LogP contribution in [0.25, 0.3) is 0 Å². The molecule has 1 unspecified atom stereocenters. The average molecular weight is 1030 g/mol. The second-order valence-corrected chi connectivity index (χ2v) is 20.3. The van der Waals surface area contributed by atoms with Crippen molar-refractivity contribution in [3.63, 3.8) is 0 Å². The van der Waals surface area contributed by atoms with Crippen LogP contribution in [-0.4, -0.2) is 138 Å². The predicted molar refractivity (Wildman–Crippen MR) is 279 cm³/mol. The molecular weight excluding hydrogens is 937 g/mol. The van der Waals surface area contributed by atoms with E-state index in [1.807, 2.05) is 24.3 Å². The largest absolute Gasteiger partial charge is 0.480 e. The molecule has 21 heteroatoms. The molecule has 17 N–H and O–H groups in total. The third-order valence-electron chi connectivity index (χ3n) is 14.7. The van der Waals surface area contributed by atoms with Crippen LogP contribution in [0.1, 0.15) is 152 Å². The van der Waals surface area contributed by atoms with Crippen molar-refractivity contribution in [1.82, 2.24) is 31.5 Å². The Morgan fingerprint density at radius 1 is 0.671 bits per heavy atom. The van der Waals surface area contributed by atoms with E-state index in [9.17, 15) is 43.8 Å². The number of unbranched alkanes of at least 4 members (excludes halogenated alkanes) is 9. The van der Waals surface area contributed by atoms with Gasteiger partial charge in [0.05, 0.1) is 12.6 Å². The predicted octanol–water partition coefficient (Wildman–Crippen LogP) is 0.843. The molecule has 1 saturated heterocycles. The lowest BCUT2D eigenvalue weighted by molar-refractivity contribution is -0.152. The van der Waals surface area contributed by atoms with Crippen LogP contribution < -0.4 is 55.3 Å². The average Bonchev–Trinajstić information content (AvgIpc) is 3.99. The maximum atomic E-state index is 14.5. The molecule has 1 saturated carbocycles. The number of rotatable bonds is 35. The number of aliphatic carboxylic acids is 1. The third kappa shape index (κ3) is 20.1. The lowest BCUT2D eigenvalue weighted by Gasteiger charge is -2.37. The van der Waals surface area contributed by atoms with E-state index in [1.165, 1.54) is 4.90 Å². The molecule has 0 radical (unpaired) electrons. The Morgan fingerprint density at radius 2 is 1.25 bits per heavy atom. The fraction of sp³-hybridized carbons (Fsp3) is 0.731. The highest BCUT2D eigenvalue weighted by Crippen LogP contribution is 2.41. The van der Waals surface area contributed by atoms with E-state index in [1.54, 1.807) is 0 Å². The second kappa shape index (κ2) is 32.7. The molecule has 21 nitrogen and oxygen atoms in total. The summed E-state index contributed by atoms with van der Waals surface area (Å²) in [5.41, 5.74) is 30.4. The van der Waals surface area contributed by atoms with E-state index in [0.717, 1.165) is 88.2 Å². The molecule has 3 aliphatic rings. The quantitative estimate of drug-likeness (QED) is 0.0255. The van der Waals surface area contributed by atoms with Crippen LogP contribution in [0.5, 0.6) is 0 Å². The summed E-state index contributed by atoms with van der Waals surface area (Å²) in [7, 11) is 0.